The Morgan fingerprint density at radius 2 is 2.50 bits per heavy atom. The standard InChI is InChI=1S/C10H12N4O2/c1-2-8(9(11)15)14-4-3-7(5-14)10-13-12-6-16-10/h3-6,8H,2H2,1H3,(H2,11,15). The van der Waals surface area contributed by atoms with E-state index in [0.717, 1.165) is 5.56 Å². The molecular formula is C10H12N4O2. The van der Waals surface area contributed by atoms with Crippen LogP contribution in [0, 0.1) is 0 Å². The van der Waals surface area contributed by atoms with E-state index in [9.17, 15) is 4.79 Å². The van der Waals surface area contributed by atoms with Crippen LogP contribution in [0.2, 0.25) is 0 Å². The van der Waals surface area contributed by atoms with Crippen molar-refractivity contribution in [2.75, 3.05) is 0 Å². The summed E-state index contributed by atoms with van der Waals surface area (Å²) in [5, 5.41) is 7.37. The number of nitrogens with zero attached hydrogens (tertiary/aromatic N) is 3. The molecule has 2 rings (SSSR count). The van der Waals surface area contributed by atoms with E-state index in [2.05, 4.69) is 10.2 Å². The first-order valence-electron chi connectivity index (χ1n) is 4.95. The van der Waals surface area contributed by atoms with Crippen LogP contribution in [0.1, 0.15) is 19.4 Å². The molecule has 0 radical (unpaired) electrons. The highest BCUT2D eigenvalue weighted by atomic mass is 16.4. The van der Waals surface area contributed by atoms with Crippen molar-refractivity contribution in [1.29, 1.82) is 0 Å². The molecule has 0 spiro atoms. The molecule has 2 aromatic rings. The minimum absolute atomic E-state index is 0.336. The molecule has 0 aliphatic rings. The number of primary amides is 1. The second-order valence-electron chi connectivity index (χ2n) is 3.42. The molecule has 2 aromatic heterocycles. The van der Waals surface area contributed by atoms with Crippen LogP contribution in [0.5, 0.6) is 0 Å². The molecule has 1 unspecified atom stereocenters. The number of hydrogen-bond donors (Lipinski definition) is 1. The third kappa shape index (κ3) is 1.81. The molecule has 2 N–H and O–H groups in total. The first-order valence-corrected chi connectivity index (χ1v) is 4.95. The van der Waals surface area contributed by atoms with Gasteiger partial charge in [0.2, 0.25) is 18.2 Å². The summed E-state index contributed by atoms with van der Waals surface area (Å²) in [5.74, 6) is 0.0771. The van der Waals surface area contributed by atoms with Gasteiger partial charge in [-0.25, -0.2) is 0 Å². The lowest BCUT2D eigenvalue weighted by atomic mass is 10.2. The van der Waals surface area contributed by atoms with Gasteiger partial charge in [0.1, 0.15) is 6.04 Å². The maximum absolute atomic E-state index is 11.2. The fourth-order valence-electron chi connectivity index (χ4n) is 1.59. The Hall–Kier alpha value is -2.11. The minimum Gasteiger partial charge on any atom is -0.423 e. The molecule has 0 bridgehead atoms. The van der Waals surface area contributed by atoms with Crippen LogP contribution >= 0.6 is 0 Å². The molecule has 0 fully saturated rings. The first-order chi connectivity index (χ1) is 7.72. The quantitative estimate of drug-likeness (QED) is 0.831. The summed E-state index contributed by atoms with van der Waals surface area (Å²) in [6.07, 6.45) is 5.45. The summed E-state index contributed by atoms with van der Waals surface area (Å²) in [7, 11) is 0. The summed E-state index contributed by atoms with van der Waals surface area (Å²) in [5.41, 5.74) is 6.07. The maximum Gasteiger partial charge on any atom is 0.248 e. The fourth-order valence-corrected chi connectivity index (χ4v) is 1.59. The van der Waals surface area contributed by atoms with Crippen LogP contribution in [-0.4, -0.2) is 20.7 Å². The van der Waals surface area contributed by atoms with E-state index in [0.29, 0.717) is 12.3 Å². The van der Waals surface area contributed by atoms with Gasteiger partial charge in [-0.15, -0.1) is 10.2 Å². The van der Waals surface area contributed by atoms with Gasteiger partial charge in [-0.05, 0) is 12.5 Å². The van der Waals surface area contributed by atoms with Crippen molar-refractivity contribution in [3.05, 3.63) is 24.9 Å². The smallest absolute Gasteiger partial charge is 0.248 e. The second kappa shape index (κ2) is 4.18. The topological polar surface area (TPSA) is 86.9 Å². The summed E-state index contributed by atoms with van der Waals surface area (Å²) in [4.78, 5) is 11.2. The van der Waals surface area contributed by atoms with Crippen LogP contribution in [0.25, 0.3) is 11.5 Å². The van der Waals surface area contributed by atoms with Crippen LogP contribution in [0.15, 0.2) is 29.3 Å². The number of hydrogen-bond acceptors (Lipinski definition) is 4. The zero-order chi connectivity index (χ0) is 11.5. The minimum atomic E-state index is -0.352. The first kappa shape index (κ1) is 10.4. The van der Waals surface area contributed by atoms with Crippen LogP contribution in [0.3, 0.4) is 0 Å². The predicted molar refractivity (Wildman–Crippen MR) is 56.2 cm³/mol. The average molecular weight is 220 g/mol. The fraction of sp³-hybridized carbons (Fsp3) is 0.300. The maximum atomic E-state index is 11.2. The van der Waals surface area contributed by atoms with E-state index in [-0.39, 0.29) is 11.9 Å². The van der Waals surface area contributed by atoms with Crippen molar-refractivity contribution in [1.82, 2.24) is 14.8 Å². The predicted octanol–water partition coefficient (Wildman–Crippen LogP) is 0.974. The van der Waals surface area contributed by atoms with Crippen molar-refractivity contribution in [3.8, 4) is 11.5 Å². The van der Waals surface area contributed by atoms with Crippen molar-refractivity contribution in [2.24, 2.45) is 5.73 Å². The van der Waals surface area contributed by atoms with Crippen molar-refractivity contribution < 1.29 is 9.21 Å². The van der Waals surface area contributed by atoms with Crippen molar-refractivity contribution >= 4 is 5.91 Å². The van der Waals surface area contributed by atoms with E-state index in [1.54, 1.807) is 23.0 Å². The molecular weight excluding hydrogens is 208 g/mol. The monoisotopic (exact) mass is 220 g/mol. The van der Waals surface area contributed by atoms with Gasteiger partial charge in [-0.2, -0.15) is 0 Å². The number of aromatic nitrogens is 3. The molecule has 6 heteroatoms. The molecule has 0 saturated carbocycles. The number of rotatable bonds is 4. The van der Waals surface area contributed by atoms with Gasteiger partial charge < -0.3 is 14.7 Å². The summed E-state index contributed by atoms with van der Waals surface area (Å²) in [6.45, 7) is 1.90. The highest BCUT2D eigenvalue weighted by Crippen LogP contribution is 2.20. The normalized spacial score (nSPS) is 12.6. The molecule has 84 valence electrons. The Bertz CT molecular complexity index is 475. The van der Waals surface area contributed by atoms with E-state index in [1.165, 1.54) is 6.39 Å². The Morgan fingerprint density at radius 1 is 1.69 bits per heavy atom. The number of amides is 1. The lowest BCUT2D eigenvalue weighted by Crippen LogP contribution is -2.24. The zero-order valence-corrected chi connectivity index (χ0v) is 8.83. The lowest BCUT2D eigenvalue weighted by Gasteiger charge is -2.12. The summed E-state index contributed by atoms with van der Waals surface area (Å²) in [6, 6.07) is 1.47. The molecule has 16 heavy (non-hydrogen) atoms. The molecule has 0 aromatic carbocycles. The van der Waals surface area contributed by atoms with Crippen LogP contribution < -0.4 is 5.73 Å². The largest absolute Gasteiger partial charge is 0.423 e. The SMILES string of the molecule is CCC(C(N)=O)n1ccc(-c2nnco2)c1. The highest BCUT2D eigenvalue weighted by Gasteiger charge is 2.15. The molecule has 1 atom stereocenters. The Morgan fingerprint density at radius 3 is 3.06 bits per heavy atom. The number of carbonyl (C=O) groups excluding carboxylic acids is 1. The van der Waals surface area contributed by atoms with E-state index in [4.69, 9.17) is 10.2 Å². The summed E-state index contributed by atoms with van der Waals surface area (Å²) >= 11 is 0. The van der Waals surface area contributed by atoms with Crippen molar-refractivity contribution in [2.45, 2.75) is 19.4 Å². The van der Waals surface area contributed by atoms with Gasteiger partial charge >= 0.3 is 0 Å². The molecule has 0 saturated heterocycles. The number of nitrogens with two attached hydrogens (primary N) is 1. The molecule has 0 aliphatic carbocycles. The van der Waals surface area contributed by atoms with Gasteiger partial charge in [0.15, 0.2) is 0 Å². The third-order valence-corrected chi connectivity index (χ3v) is 2.40. The Kier molecular flexibility index (Phi) is 2.72. The van der Waals surface area contributed by atoms with E-state index in [1.807, 2.05) is 6.92 Å². The second-order valence-corrected chi connectivity index (χ2v) is 3.42. The van der Waals surface area contributed by atoms with Gasteiger partial charge in [0.25, 0.3) is 0 Å². The molecule has 6 nitrogen and oxygen atoms in total. The molecule has 2 heterocycles. The Balaban J connectivity index is 2.29. The van der Waals surface area contributed by atoms with Crippen molar-refractivity contribution in [3.63, 3.8) is 0 Å². The number of carbonyl (C=O) groups is 1. The third-order valence-electron chi connectivity index (χ3n) is 2.40. The van der Waals surface area contributed by atoms with Gasteiger partial charge in [0, 0.05) is 12.4 Å². The van der Waals surface area contributed by atoms with Crippen LogP contribution in [0.4, 0.5) is 0 Å². The average Bonchev–Trinajstić information content (AvgIpc) is 2.86. The van der Waals surface area contributed by atoms with E-state index < -0.39 is 0 Å². The highest BCUT2D eigenvalue weighted by molar-refractivity contribution is 5.78. The summed E-state index contributed by atoms with van der Waals surface area (Å²) < 4.78 is 6.81. The van der Waals surface area contributed by atoms with Gasteiger partial charge in [0.05, 0.1) is 5.56 Å². The van der Waals surface area contributed by atoms with Gasteiger partial charge in [-0.1, -0.05) is 6.92 Å². The molecule has 0 aliphatic heterocycles. The van der Waals surface area contributed by atoms with Gasteiger partial charge in [-0.3, -0.25) is 4.79 Å². The van der Waals surface area contributed by atoms with Crippen LogP contribution in [-0.2, 0) is 4.79 Å². The lowest BCUT2D eigenvalue weighted by molar-refractivity contribution is -0.121. The molecule has 1 amide bonds. The zero-order valence-electron chi connectivity index (χ0n) is 8.83. The van der Waals surface area contributed by atoms with E-state index >= 15 is 0 Å². The Labute approximate surface area is 92.1 Å².